The predicted octanol–water partition coefficient (Wildman–Crippen LogP) is 1.79. The van der Waals surface area contributed by atoms with Gasteiger partial charge in [-0.15, -0.1) is 0 Å². The lowest BCUT2D eigenvalue weighted by Gasteiger charge is -2.34. The number of carboxylic acids is 1. The number of carbonyl (C=O) groups excluding carboxylic acids is 1. The largest absolute Gasteiger partial charge is 0.481 e. The molecule has 20 heavy (non-hydrogen) atoms. The van der Waals surface area contributed by atoms with E-state index in [4.69, 9.17) is 0 Å². The number of amides is 1. The van der Waals surface area contributed by atoms with Crippen LogP contribution >= 0.6 is 0 Å². The Kier molecular flexibility index (Phi) is 2.43. The second kappa shape index (κ2) is 4.08. The molecule has 1 aliphatic carbocycles. The summed E-state index contributed by atoms with van der Waals surface area (Å²) in [7, 11) is 0. The van der Waals surface area contributed by atoms with Gasteiger partial charge in [0.15, 0.2) is 0 Å². The van der Waals surface area contributed by atoms with Crippen molar-refractivity contribution in [2.45, 2.75) is 43.7 Å². The summed E-state index contributed by atoms with van der Waals surface area (Å²) in [6, 6.07) is 8.14. The van der Waals surface area contributed by atoms with E-state index in [-0.39, 0.29) is 29.8 Å². The van der Waals surface area contributed by atoms with Gasteiger partial charge in [0.25, 0.3) is 0 Å². The van der Waals surface area contributed by atoms with E-state index in [0.29, 0.717) is 6.42 Å². The number of nitrogens with zero attached hydrogens (tertiary/aromatic N) is 1. The normalized spacial score (nSPS) is 33.7. The van der Waals surface area contributed by atoms with Gasteiger partial charge in [0.1, 0.15) is 0 Å². The Hall–Kier alpha value is -1.84. The zero-order valence-corrected chi connectivity index (χ0v) is 11.2. The molecule has 4 atom stereocenters. The molecule has 2 fully saturated rings. The molecule has 0 saturated carbocycles. The van der Waals surface area contributed by atoms with Crippen molar-refractivity contribution < 1.29 is 14.7 Å². The van der Waals surface area contributed by atoms with E-state index < -0.39 is 5.97 Å². The van der Waals surface area contributed by atoms with Gasteiger partial charge in [0.05, 0.1) is 11.8 Å². The first kappa shape index (κ1) is 11.9. The first-order valence-electron chi connectivity index (χ1n) is 7.29. The van der Waals surface area contributed by atoms with Crippen LogP contribution in [0.2, 0.25) is 0 Å². The third kappa shape index (κ3) is 1.48. The molecule has 104 valence electrons. The van der Waals surface area contributed by atoms with Crippen molar-refractivity contribution in [3.8, 4) is 0 Å². The maximum absolute atomic E-state index is 12.8. The van der Waals surface area contributed by atoms with Gasteiger partial charge in [-0.25, -0.2) is 0 Å². The molecule has 2 bridgehead atoms. The van der Waals surface area contributed by atoms with E-state index in [0.717, 1.165) is 24.8 Å². The lowest BCUT2D eigenvalue weighted by atomic mass is 9.76. The number of hydrogen-bond acceptors (Lipinski definition) is 2. The van der Waals surface area contributed by atoms with Gasteiger partial charge in [0, 0.05) is 12.1 Å². The number of carboxylic acid groups (broad SMARTS) is 1. The Morgan fingerprint density at radius 1 is 1.20 bits per heavy atom. The summed E-state index contributed by atoms with van der Waals surface area (Å²) in [5.41, 5.74) is 2.39. The molecule has 1 amide bonds. The summed E-state index contributed by atoms with van der Waals surface area (Å²) in [6.45, 7) is 0. The minimum atomic E-state index is -0.746. The summed E-state index contributed by atoms with van der Waals surface area (Å²) in [5.74, 6) is -0.987. The van der Waals surface area contributed by atoms with Crippen LogP contribution in [0.1, 0.15) is 36.3 Å². The highest BCUT2D eigenvalue weighted by Crippen LogP contribution is 2.45. The molecule has 1 aromatic carbocycles. The van der Waals surface area contributed by atoms with Crippen LogP contribution in [-0.4, -0.2) is 34.0 Å². The molecule has 2 saturated heterocycles. The van der Waals surface area contributed by atoms with Crippen molar-refractivity contribution in [2.24, 2.45) is 5.92 Å². The van der Waals surface area contributed by atoms with Crippen LogP contribution in [0.4, 0.5) is 0 Å². The SMILES string of the molecule is O=C(O)C1CC2CCC1N2C(=O)C1Cc2ccccc21. The Bertz CT molecular complexity index is 597. The topological polar surface area (TPSA) is 57.6 Å². The average Bonchev–Trinajstić information content (AvgIpc) is 2.97. The van der Waals surface area contributed by atoms with Crippen molar-refractivity contribution in [2.75, 3.05) is 0 Å². The molecule has 0 aromatic heterocycles. The number of aliphatic carboxylic acids is 1. The summed E-state index contributed by atoms with van der Waals surface area (Å²) >= 11 is 0. The second-order valence-electron chi connectivity index (χ2n) is 6.18. The van der Waals surface area contributed by atoms with Crippen LogP contribution in [0.15, 0.2) is 24.3 Å². The maximum atomic E-state index is 12.8. The lowest BCUT2D eigenvalue weighted by Crippen LogP contribution is -2.43. The molecular weight excluding hydrogens is 254 g/mol. The number of rotatable bonds is 2. The zero-order chi connectivity index (χ0) is 13.9. The second-order valence-corrected chi connectivity index (χ2v) is 6.18. The van der Waals surface area contributed by atoms with Crippen molar-refractivity contribution >= 4 is 11.9 Å². The number of carbonyl (C=O) groups is 2. The minimum Gasteiger partial charge on any atom is -0.481 e. The third-order valence-electron chi connectivity index (χ3n) is 5.26. The molecule has 2 heterocycles. The highest BCUT2D eigenvalue weighted by atomic mass is 16.4. The molecular formula is C16H17NO3. The quantitative estimate of drug-likeness (QED) is 0.892. The van der Waals surface area contributed by atoms with Crippen molar-refractivity contribution in [3.63, 3.8) is 0 Å². The van der Waals surface area contributed by atoms with Crippen LogP contribution in [0.25, 0.3) is 0 Å². The highest BCUT2D eigenvalue weighted by molar-refractivity contribution is 5.89. The summed E-state index contributed by atoms with van der Waals surface area (Å²) < 4.78 is 0. The van der Waals surface area contributed by atoms with Crippen molar-refractivity contribution in [3.05, 3.63) is 35.4 Å². The fraction of sp³-hybridized carbons (Fsp3) is 0.500. The van der Waals surface area contributed by atoms with Crippen LogP contribution in [0.3, 0.4) is 0 Å². The van der Waals surface area contributed by atoms with E-state index >= 15 is 0 Å². The van der Waals surface area contributed by atoms with Crippen molar-refractivity contribution in [1.82, 2.24) is 4.90 Å². The first-order chi connectivity index (χ1) is 9.66. The lowest BCUT2D eigenvalue weighted by molar-refractivity contribution is -0.143. The van der Waals surface area contributed by atoms with E-state index in [9.17, 15) is 14.7 Å². The summed E-state index contributed by atoms with van der Waals surface area (Å²) in [5, 5.41) is 9.26. The van der Waals surface area contributed by atoms with Gasteiger partial charge >= 0.3 is 5.97 Å². The van der Waals surface area contributed by atoms with Gasteiger partial charge in [0.2, 0.25) is 5.91 Å². The fourth-order valence-corrected chi connectivity index (χ4v) is 4.26. The van der Waals surface area contributed by atoms with Crippen LogP contribution in [0.5, 0.6) is 0 Å². The Morgan fingerprint density at radius 2 is 2.00 bits per heavy atom. The van der Waals surface area contributed by atoms with Gasteiger partial charge < -0.3 is 10.0 Å². The van der Waals surface area contributed by atoms with E-state index in [1.54, 1.807) is 0 Å². The first-order valence-corrected chi connectivity index (χ1v) is 7.29. The molecule has 0 radical (unpaired) electrons. The molecule has 1 aromatic rings. The van der Waals surface area contributed by atoms with Gasteiger partial charge in [-0.2, -0.15) is 0 Å². The summed E-state index contributed by atoms with van der Waals surface area (Å²) in [4.78, 5) is 25.9. The highest BCUT2D eigenvalue weighted by Gasteiger charge is 2.53. The van der Waals surface area contributed by atoms with E-state index in [1.807, 2.05) is 23.1 Å². The van der Waals surface area contributed by atoms with Gasteiger partial charge in [-0.3, -0.25) is 9.59 Å². The van der Waals surface area contributed by atoms with Crippen molar-refractivity contribution in [1.29, 1.82) is 0 Å². The number of fused-ring (bicyclic) bond motifs is 3. The minimum absolute atomic E-state index is 0.0400. The van der Waals surface area contributed by atoms with E-state index in [2.05, 4.69) is 6.07 Å². The Balaban J connectivity index is 1.58. The van der Waals surface area contributed by atoms with Crippen LogP contribution < -0.4 is 0 Å². The van der Waals surface area contributed by atoms with Gasteiger partial charge in [-0.1, -0.05) is 24.3 Å². The average molecular weight is 271 g/mol. The summed E-state index contributed by atoms with van der Waals surface area (Å²) in [6.07, 6.45) is 3.26. The molecule has 3 aliphatic rings. The fourth-order valence-electron chi connectivity index (χ4n) is 4.26. The molecule has 4 rings (SSSR count). The molecule has 4 unspecified atom stereocenters. The monoisotopic (exact) mass is 271 g/mol. The third-order valence-corrected chi connectivity index (χ3v) is 5.26. The number of benzene rings is 1. The smallest absolute Gasteiger partial charge is 0.308 e. The molecule has 0 spiro atoms. The Labute approximate surface area is 117 Å². The Morgan fingerprint density at radius 3 is 2.70 bits per heavy atom. The maximum Gasteiger partial charge on any atom is 0.308 e. The van der Waals surface area contributed by atoms with E-state index in [1.165, 1.54) is 5.56 Å². The molecule has 4 heteroatoms. The predicted molar refractivity (Wildman–Crippen MR) is 72.3 cm³/mol. The molecule has 4 nitrogen and oxygen atoms in total. The molecule has 1 N–H and O–H groups in total. The van der Waals surface area contributed by atoms with Crippen LogP contribution in [0, 0.1) is 5.92 Å². The number of hydrogen-bond donors (Lipinski definition) is 1. The van der Waals surface area contributed by atoms with Crippen LogP contribution in [-0.2, 0) is 16.0 Å². The molecule has 2 aliphatic heterocycles. The zero-order valence-electron chi connectivity index (χ0n) is 11.2. The standard InChI is InChI=1S/C16H17NO3/c18-15(12-7-9-3-1-2-4-11(9)12)17-10-5-6-14(17)13(8-10)16(19)20/h1-4,10,12-14H,5-8H2,(H,19,20). The van der Waals surface area contributed by atoms with Gasteiger partial charge in [-0.05, 0) is 36.8 Å².